The lowest BCUT2D eigenvalue weighted by Crippen LogP contribution is -2.37. The van der Waals surface area contributed by atoms with E-state index in [0.717, 1.165) is 22.3 Å². The van der Waals surface area contributed by atoms with Crippen LogP contribution in [0.2, 0.25) is 0 Å². The summed E-state index contributed by atoms with van der Waals surface area (Å²) in [7, 11) is 0. The highest BCUT2D eigenvalue weighted by Crippen LogP contribution is 2.44. The van der Waals surface area contributed by atoms with Gasteiger partial charge in [0.2, 0.25) is 0 Å². The lowest BCUT2D eigenvalue weighted by Gasteiger charge is -2.15. The fourth-order valence-corrected chi connectivity index (χ4v) is 2.87. The number of benzene rings is 2. The number of fused-ring (bicyclic) bond motifs is 3. The third-order valence-electron chi connectivity index (χ3n) is 4.02. The Morgan fingerprint density at radius 1 is 1.09 bits per heavy atom. The van der Waals surface area contributed by atoms with Crippen LogP contribution in [0.25, 0.3) is 11.1 Å². The number of alkyl carbamates (subject to hydrolysis) is 1. The van der Waals surface area contributed by atoms with Crippen LogP contribution in [0.3, 0.4) is 0 Å². The van der Waals surface area contributed by atoms with Crippen molar-refractivity contribution in [2.75, 3.05) is 6.61 Å². The summed E-state index contributed by atoms with van der Waals surface area (Å²) in [4.78, 5) is 22.2. The molecule has 1 atom stereocenters. The van der Waals surface area contributed by atoms with Crippen LogP contribution in [0, 0.1) is 0 Å². The number of amides is 1. The summed E-state index contributed by atoms with van der Waals surface area (Å²) < 4.78 is 17.7. The van der Waals surface area contributed by atoms with E-state index < -0.39 is 18.2 Å². The van der Waals surface area contributed by atoms with Crippen molar-refractivity contribution in [2.45, 2.75) is 18.9 Å². The normalized spacial score (nSPS) is 13.8. The van der Waals surface area contributed by atoms with Crippen molar-refractivity contribution in [3.05, 3.63) is 59.7 Å². The fourth-order valence-electron chi connectivity index (χ4n) is 2.87. The van der Waals surface area contributed by atoms with Crippen LogP contribution < -0.4 is 5.32 Å². The SMILES string of the molecule is C[C@H](NC(=O)OCC1c2ccccc2-c2ccccc21)C(=O)F. The molecule has 0 aromatic heterocycles. The zero-order valence-electron chi connectivity index (χ0n) is 12.6. The Morgan fingerprint density at radius 3 is 2.13 bits per heavy atom. The van der Waals surface area contributed by atoms with Crippen molar-refractivity contribution in [2.24, 2.45) is 0 Å². The quantitative estimate of drug-likeness (QED) is 0.880. The molecule has 2 aromatic carbocycles. The van der Waals surface area contributed by atoms with Gasteiger partial charge in [-0.1, -0.05) is 48.5 Å². The number of carbonyl (C=O) groups is 2. The van der Waals surface area contributed by atoms with E-state index in [9.17, 15) is 14.0 Å². The lowest BCUT2D eigenvalue weighted by atomic mass is 9.98. The molecule has 0 bridgehead atoms. The molecule has 1 amide bonds. The van der Waals surface area contributed by atoms with Crippen molar-refractivity contribution in [1.82, 2.24) is 5.32 Å². The molecule has 0 saturated carbocycles. The second-order valence-electron chi connectivity index (χ2n) is 5.50. The first-order chi connectivity index (χ1) is 11.1. The van der Waals surface area contributed by atoms with Gasteiger partial charge in [-0.15, -0.1) is 0 Å². The Morgan fingerprint density at radius 2 is 1.61 bits per heavy atom. The number of hydrogen-bond donors (Lipinski definition) is 1. The monoisotopic (exact) mass is 313 g/mol. The summed E-state index contributed by atoms with van der Waals surface area (Å²) in [5.41, 5.74) is 4.45. The molecule has 23 heavy (non-hydrogen) atoms. The molecule has 0 radical (unpaired) electrons. The summed E-state index contributed by atoms with van der Waals surface area (Å²) in [6.07, 6.45) is -0.801. The maximum atomic E-state index is 12.5. The van der Waals surface area contributed by atoms with Crippen molar-refractivity contribution in [1.29, 1.82) is 0 Å². The molecule has 1 N–H and O–H groups in total. The maximum Gasteiger partial charge on any atom is 0.407 e. The van der Waals surface area contributed by atoms with Gasteiger partial charge in [-0.25, -0.2) is 4.79 Å². The van der Waals surface area contributed by atoms with E-state index in [2.05, 4.69) is 5.32 Å². The first-order valence-corrected chi connectivity index (χ1v) is 7.39. The van der Waals surface area contributed by atoms with Gasteiger partial charge >= 0.3 is 12.1 Å². The second kappa shape index (κ2) is 6.20. The van der Waals surface area contributed by atoms with E-state index in [1.807, 2.05) is 48.5 Å². The van der Waals surface area contributed by atoms with Gasteiger partial charge in [0.15, 0.2) is 0 Å². The van der Waals surface area contributed by atoms with Gasteiger partial charge < -0.3 is 10.1 Å². The van der Waals surface area contributed by atoms with Gasteiger partial charge in [0.05, 0.1) is 0 Å². The standard InChI is InChI=1S/C18H16FNO3/c1-11(17(19)21)20-18(22)23-10-16-14-8-4-2-6-12(14)13-7-3-5-9-15(13)16/h2-9,11,16H,10H2,1H3,(H,20,22)/t11-/m0/s1. The number of nitrogens with one attached hydrogen (secondary N) is 1. The van der Waals surface area contributed by atoms with Gasteiger partial charge in [-0.2, -0.15) is 4.39 Å². The Bertz CT molecular complexity index is 714. The third kappa shape index (κ3) is 2.95. The highest BCUT2D eigenvalue weighted by Gasteiger charge is 2.29. The van der Waals surface area contributed by atoms with Crippen LogP contribution in [0.15, 0.2) is 48.5 Å². The number of hydrogen-bond acceptors (Lipinski definition) is 3. The molecule has 0 saturated heterocycles. The molecular weight excluding hydrogens is 297 g/mol. The Kier molecular flexibility index (Phi) is 4.10. The van der Waals surface area contributed by atoms with Crippen LogP contribution in [0.1, 0.15) is 24.0 Å². The van der Waals surface area contributed by atoms with E-state index in [1.165, 1.54) is 6.92 Å². The van der Waals surface area contributed by atoms with Gasteiger partial charge in [-0.3, -0.25) is 4.79 Å². The van der Waals surface area contributed by atoms with Crippen molar-refractivity contribution in [3.8, 4) is 11.1 Å². The molecule has 0 heterocycles. The van der Waals surface area contributed by atoms with Gasteiger partial charge in [-0.05, 0) is 29.2 Å². The molecule has 3 rings (SSSR count). The predicted molar refractivity (Wildman–Crippen MR) is 83.8 cm³/mol. The summed E-state index contributed by atoms with van der Waals surface area (Å²) in [6.45, 7) is 1.40. The second-order valence-corrected chi connectivity index (χ2v) is 5.50. The van der Waals surface area contributed by atoms with Gasteiger partial charge in [0.25, 0.3) is 0 Å². The largest absolute Gasteiger partial charge is 0.449 e. The molecule has 0 aliphatic heterocycles. The van der Waals surface area contributed by atoms with E-state index in [-0.39, 0.29) is 12.5 Å². The van der Waals surface area contributed by atoms with E-state index >= 15 is 0 Å². The van der Waals surface area contributed by atoms with Gasteiger partial charge in [0, 0.05) is 5.92 Å². The highest BCUT2D eigenvalue weighted by molar-refractivity contribution is 5.81. The zero-order chi connectivity index (χ0) is 16.4. The molecule has 4 nitrogen and oxygen atoms in total. The molecule has 118 valence electrons. The maximum absolute atomic E-state index is 12.5. The Hall–Kier alpha value is -2.69. The summed E-state index contributed by atoms with van der Waals surface area (Å²) in [5, 5.41) is 2.17. The highest BCUT2D eigenvalue weighted by atomic mass is 19.1. The minimum absolute atomic E-state index is 0.0652. The average Bonchev–Trinajstić information content (AvgIpc) is 2.87. The topological polar surface area (TPSA) is 55.4 Å². The van der Waals surface area contributed by atoms with Crippen LogP contribution in [-0.2, 0) is 9.53 Å². The molecule has 1 aliphatic rings. The Balaban J connectivity index is 1.76. The first kappa shape index (κ1) is 15.2. The van der Waals surface area contributed by atoms with Crippen LogP contribution in [0.4, 0.5) is 9.18 Å². The van der Waals surface area contributed by atoms with Crippen molar-refractivity contribution < 1.29 is 18.7 Å². The molecule has 0 spiro atoms. The lowest BCUT2D eigenvalue weighted by molar-refractivity contribution is -0.130. The summed E-state index contributed by atoms with van der Waals surface area (Å²) in [5.74, 6) is -0.0652. The molecule has 2 aromatic rings. The number of ether oxygens (including phenoxy) is 1. The van der Waals surface area contributed by atoms with E-state index in [1.54, 1.807) is 0 Å². The van der Waals surface area contributed by atoms with E-state index in [4.69, 9.17) is 4.74 Å². The molecule has 0 unspecified atom stereocenters. The van der Waals surface area contributed by atoms with Crippen LogP contribution >= 0.6 is 0 Å². The third-order valence-corrected chi connectivity index (χ3v) is 4.02. The van der Waals surface area contributed by atoms with Gasteiger partial charge in [0.1, 0.15) is 12.6 Å². The first-order valence-electron chi connectivity index (χ1n) is 7.39. The average molecular weight is 313 g/mol. The minimum Gasteiger partial charge on any atom is -0.449 e. The Labute approximate surface area is 133 Å². The summed E-state index contributed by atoms with van der Waals surface area (Å²) in [6, 6.07) is 13.1. The van der Waals surface area contributed by atoms with Crippen LogP contribution in [0.5, 0.6) is 0 Å². The van der Waals surface area contributed by atoms with Crippen molar-refractivity contribution in [3.63, 3.8) is 0 Å². The number of carbonyl (C=O) groups excluding carboxylic acids is 2. The van der Waals surface area contributed by atoms with Crippen molar-refractivity contribution >= 4 is 12.1 Å². The minimum atomic E-state index is -1.60. The van der Waals surface area contributed by atoms with Crippen LogP contribution in [-0.4, -0.2) is 24.8 Å². The predicted octanol–water partition coefficient (Wildman–Crippen LogP) is 3.41. The fraction of sp³-hybridized carbons (Fsp3) is 0.222. The van der Waals surface area contributed by atoms with E-state index in [0.29, 0.717) is 0 Å². The number of halogens is 1. The molecule has 5 heteroatoms. The molecule has 1 aliphatic carbocycles. The number of rotatable bonds is 4. The summed E-state index contributed by atoms with van der Waals surface area (Å²) >= 11 is 0. The zero-order valence-corrected chi connectivity index (χ0v) is 12.6. The molecular formula is C18H16FNO3. The smallest absolute Gasteiger partial charge is 0.407 e. The molecule has 0 fully saturated rings.